The normalized spacial score (nSPS) is 11.2. The molecule has 1 amide bonds. The Bertz CT molecular complexity index is 388. The summed E-state index contributed by atoms with van der Waals surface area (Å²) in [6.45, 7) is 7.89. The maximum Gasteiger partial charge on any atom is 0.407 e. The van der Waals surface area contributed by atoms with E-state index in [4.69, 9.17) is 4.74 Å². The van der Waals surface area contributed by atoms with E-state index in [-0.39, 0.29) is 6.09 Å². The smallest absolute Gasteiger partial charge is 0.407 e. The molecule has 0 saturated heterocycles. The van der Waals surface area contributed by atoms with Gasteiger partial charge in [0.1, 0.15) is 5.60 Å². The molecule has 0 atom stereocenters. The molecule has 0 aliphatic rings. The Morgan fingerprint density at radius 2 is 2.00 bits per heavy atom. The number of carbonyl (C=O) groups is 1. The van der Waals surface area contributed by atoms with E-state index in [2.05, 4.69) is 15.6 Å². The molecule has 0 aliphatic carbocycles. The maximum atomic E-state index is 11.4. The van der Waals surface area contributed by atoms with Crippen LogP contribution in [0.1, 0.15) is 39.3 Å². The predicted octanol–water partition coefficient (Wildman–Crippen LogP) is 2.48. The second-order valence-electron chi connectivity index (χ2n) is 5.63. The van der Waals surface area contributed by atoms with Gasteiger partial charge in [0.25, 0.3) is 0 Å². The van der Waals surface area contributed by atoms with Crippen LogP contribution in [0, 0.1) is 0 Å². The topological polar surface area (TPSA) is 63.2 Å². The minimum Gasteiger partial charge on any atom is -0.444 e. The molecule has 0 saturated carbocycles. The van der Waals surface area contributed by atoms with Crippen molar-refractivity contribution in [2.75, 3.05) is 13.1 Å². The van der Waals surface area contributed by atoms with Gasteiger partial charge < -0.3 is 15.4 Å². The van der Waals surface area contributed by atoms with E-state index in [0.29, 0.717) is 6.54 Å². The van der Waals surface area contributed by atoms with Crippen LogP contribution in [0.3, 0.4) is 0 Å². The first kappa shape index (κ1) is 16.4. The SMILES string of the molecule is CC(C)(C)OC(=O)NCCCCNCc1ccccn1. The molecule has 5 nitrogen and oxygen atoms in total. The number of carbonyl (C=O) groups excluding carboxylic acids is 1. The molecule has 0 aromatic carbocycles. The number of nitrogens with one attached hydrogen (secondary N) is 2. The first-order chi connectivity index (χ1) is 9.47. The number of hydrogen-bond acceptors (Lipinski definition) is 4. The van der Waals surface area contributed by atoms with Gasteiger partial charge in [-0.1, -0.05) is 6.07 Å². The highest BCUT2D eigenvalue weighted by Crippen LogP contribution is 2.06. The molecule has 1 rings (SSSR count). The Morgan fingerprint density at radius 3 is 2.65 bits per heavy atom. The van der Waals surface area contributed by atoms with E-state index >= 15 is 0 Å². The van der Waals surface area contributed by atoms with Gasteiger partial charge in [0.2, 0.25) is 0 Å². The van der Waals surface area contributed by atoms with Crippen molar-refractivity contribution in [3.63, 3.8) is 0 Å². The van der Waals surface area contributed by atoms with Gasteiger partial charge in [0, 0.05) is 19.3 Å². The zero-order valence-electron chi connectivity index (χ0n) is 12.6. The Hall–Kier alpha value is -1.62. The molecular formula is C15H25N3O2. The van der Waals surface area contributed by atoms with Crippen LogP contribution in [0.25, 0.3) is 0 Å². The van der Waals surface area contributed by atoms with Gasteiger partial charge in [-0.15, -0.1) is 0 Å². The lowest BCUT2D eigenvalue weighted by Gasteiger charge is -2.19. The Labute approximate surface area is 121 Å². The van der Waals surface area contributed by atoms with Crippen LogP contribution in [0.5, 0.6) is 0 Å². The van der Waals surface area contributed by atoms with Gasteiger partial charge in [0.15, 0.2) is 0 Å². The van der Waals surface area contributed by atoms with E-state index in [0.717, 1.165) is 31.6 Å². The Balaban J connectivity index is 1.96. The number of hydrogen-bond donors (Lipinski definition) is 2. The zero-order valence-corrected chi connectivity index (χ0v) is 12.6. The van der Waals surface area contributed by atoms with Crippen LogP contribution in [0.4, 0.5) is 4.79 Å². The van der Waals surface area contributed by atoms with Crippen molar-refractivity contribution >= 4 is 6.09 Å². The number of nitrogens with zero attached hydrogens (tertiary/aromatic N) is 1. The van der Waals surface area contributed by atoms with E-state index in [1.54, 1.807) is 6.20 Å². The molecule has 5 heteroatoms. The van der Waals surface area contributed by atoms with E-state index in [1.165, 1.54) is 0 Å². The second-order valence-corrected chi connectivity index (χ2v) is 5.63. The zero-order chi connectivity index (χ0) is 14.8. The number of alkyl carbamates (subject to hydrolysis) is 1. The van der Waals surface area contributed by atoms with Crippen LogP contribution in [-0.2, 0) is 11.3 Å². The molecule has 0 aliphatic heterocycles. The summed E-state index contributed by atoms with van der Waals surface area (Å²) in [7, 11) is 0. The van der Waals surface area contributed by atoms with Crippen LogP contribution >= 0.6 is 0 Å². The fourth-order valence-corrected chi connectivity index (χ4v) is 1.60. The van der Waals surface area contributed by atoms with Crippen molar-refractivity contribution in [2.45, 2.75) is 45.8 Å². The predicted molar refractivity (Wildman–Crippen MR) is 79.4 cm³/mol. The molecule has 1 aromatic heterocycles. The average Bonchev–Trinajstić information content (AvgIpc) is 2.37. The monoisotopic (exact) mass is 279 g/mol. The molecule has 2 N–H and O–H groups in total. The first-order valence-corrected chi connectivity index (χ1v) is 7.05. The lowest BCUT2D eigenvalue weighted by Crippen LogP contribution is -2.33. The van der Waals surface area contributed by atoms with Crippen molar-refractivity contribution < 1.29 is 9.53 Å². The molecule has 20 heavy (non-hydrogen) atoms. The summed E-state index contributed by atoms with van der Waals surface area (Å²) in [5.74, 6) is 0. The summed E-state index contributed by atoms with van der Waals surface area (Å²) in [5.41, 5.74) is 0.605. The van der Waals surface area contributed by atoms with E-state index in [9.17, 15) is 4.79 Å². The molecule has 112 valence electrons. The summed E-state index contributed by atoms with van der Waals surface area (Å²) in [4.78, 5) is 15.6. The number of pyridine rings is 1. The van der Waals surface area contributed by atoms with Crippen LogP contribution < -0.4 is 10.6 Å². The van der Waals surface area contributed by atoms with Crippen LogP contribution in [0.15, 0.2) is 24.4 Å². The molecule has 0 radical (unpaired) electrons. The highest BCUT2D eigenvalue weighted by atomic mass is 16.6. The van der Waals surface area contributed by atoms with Gasteiger partial charge in [-0.3, -0.25) is 4.98 Å². The molecule has 1 aromatic rings. The largest absolute Gasteiger partial charge is 0.444 e. The fourth-order valence-electron chi connectivity index (χ4n) is 1.60. The molecule has 0 fully saturated rings. The Kier molecular flexibility index (Phi) is 7.01. The van der Waals surface area contributed by atoms with Gasteiger partial charge in [-0.05, 0) is 52.3 Å². The van der Waals surface area contributed by atoms with Crippen LogP contribution in [-0.4, -0.2) is 29.8 Å². The summed E-state index contributed by atoms with van der Waals surface area (Å²) in [6, 6.07) is 5.89. The second kappa shape index (κ2) is 8.53. The molecule has 0 spiro atoms. The summed E-state index contributed by atoms with van der Waals surface area (Å²) < 4.78 is 5.15. The number of rotatable bonds is 7. The summed E-state index contributed by atoms with van der Waals surface area (Å²) in [6.07, 6.45) is 3.37. The maximum absolute atomic E-state index is 11.4. The van der Waals surface area contributed by atoms with Gasteiger partial charge in [-0.2, -0.15) is 0 Å². The van der Waals surface area contributed by atoms with Gasteiger partial charge in [0.05, 0.1) is 5.69 Å². The third-order valence-corrected chi connectivity index (χ3v) is 2.48. The van der Waals surface area contributed by atoms with Crippen molar-refractivity contribution in [3.8, 4) is 0 Å². The summed E-state index contributed by atoms with van der Waals surface area (Å²) >= 11 is 0. The van der Waals surface area contributed by atoms with Gasteiger partial charge >= 0.3 is 6.09 Å². The quantitative estimate of drug-likeness (QED) is 0.753. The average molecular weight is 279 g/mol. The third-order valence-electron chi connectivity index (χ3n) is 2.48. The number of amides is 1. The molecular weight excluding hydrogens is 254 g/mol. The number of aromatic nitrogens is 1. The fraction of sp³-hybridized carbons (Fsp3) is 0.600. The van der Waals surface area contributed by atoms with Gasteiger partial charge in [-0.25, -0.2) is 4.79 Å². The minimum absolute atomic E-state index is 0.348. The van der Waals surface area contributed by atoms with Crippen molar-refractivity contribution in [1.29, 1.82) is 0 Å². The third kappa shape index (κ3) is 8.48. The number of ether oxygens (including phenoxy) is 1. The lowest BCUT2D eigenvalue weighted by molar-refractivity contribution is 0.0527. The summed E-state index contributed by atoms with van der Waals surface area (Å²) in [5, 5.41) is 6.07. The standard InChI is InChI=1S/C15H25N3O2/c1-15(2,3)20-14(19)18-11-7-6-9-16-12-13-8-4-5-10-17-13/h4-5,8,10,16H,6-7,9,11-12H2,1-3H3,(H,18,19). The lowest BCUT2D eigenvalue weighted by atomic mass is 10.2. The molecule has 1 heterocycles. The Morgan fingerprint density at radius 1 is 1.25 bits per heavy atom. The first-order valence-electron chi connectivity index (χ1n) is 7.05. The molecule has 0 unspecified atom stereocenters. The van der Waals surface area contributed by atoms with Crippen molar-refractivity contribution in [2.24, 2.45) is 0 Å². The molecule has 0 bridgehead atoms. The minimum atomic E-state index is -0.436. The highest BCUT2D eigenvalue weighted by Gasteiger charge is 2.15. The van der Waals surface area contributed by atoms with Crippen molar-refractivity contribution in [1.82, 2.24) is 15.6 Å². The number of unbranched alkanes of at least 4 members (excludes halogenated alkanes) is 1. The van der Waals surface area contributed by atoms with E-state index < -0.39 is 5.60 Å². The van der Waals surface area contributed by atoms with Crippen molar-refractivity contribution in [3.05, 3.63) is 30.1 Å². The van der Waals surface area contributed by atoms with E-state index in [1.807, 2.05) is 39.0 Å². The van der Waals surface area contributed by atoms with Crippen LogP contribution in [0.2, 0.25) is 0 Å². The highest BCUT2D eigenvalue weighted by molar-refractivity contribution is 5.67.